The van der Waals surface area contributed by atoms with Gasteiger partial charge in [0, 0.05) is 25.7 Å². The van der Waals surface area contributed by atoms with Crippen LogP contribution in [0, 0.1) is 0 Å². The van der Waals surface area contributed by atoms with E-state index >= 15 is 0 Å². The van der Waals surface area contributed by atoms with Crippen molar-refractivity contribution >= 4 is 0 Å². The molecule has 0 unspecified atom stereocenters. The molecule has 1 saturated heterocycles. The summed E-state index contributed by atoms with van der Waals surface area (Å²) in [6.07, 6.45) is 1.62. The van der Waals surface area contributed by atoms with Crippen molar-refractivity contribution in [1.82, 2.24) is 15.1 Å². The summed E-state index contributed by atoms with van der Waals surface area (Å²) in [5.41, 5.74) is 0. The fourth-order valence-electron chi connectivity index (χ4n) is 2.26. The molecule has 1 N–H and O–H groups in total. The zero-order valence-corrected chi connectivity index (χ0v) is 12.6. The molecule has 18 heavy (non-hydrogen) atoms. The summed E-state index contributed by atoms with van der Waals surface area (Å²) in [5, 5.41) is 3.47. The molecule has 0 aromatic heterocycles. The molecule has 108 valence electrons. The van der Waals surface area contributed by atoms with Crippen LogP contribution >= 0.6 is 0 Å². The van der Waals surface area contributed by atoms with E-state index in [9.17, 15) is 0 Å². The van der Waals surface area contributed by atoms with Crippen LogP contribution in [-0.2, 0) is 4.74 Å². The van der Waals surface area contributed by atoms with Gasteiger partial charge in [-0.3, -0.25) is 4.90 Å². The van der Waals surface area contributed by atoms with E-state index in [2.05, 4.69) is 42.9 Å². The molecule has 0 spiro atoms. The smallest absolute Gasteiger partial charge is 0.0829 e. The fourth-order valence-corrected chi connectivity index (χ4v) is 2.26. The number of nitrogens with zero attached hydrogens (tertiary/aromatic N) is 2. The second-order valence-corrected chi connectivity index (χ2v) is 5.61. The quantitative estimate of drug-likeness (QED) is 0.657. The molecule has 1 heterocycles. The van der Waals surface area contributed by atoms with Crippen molar-refractivity contribution in [3.8, 4) is 0 Å². The minimum Gasteiger partial charge on any atom is -0.374 e. The first-order chi connectivity index (χ1) is 8.61. The van der Waals surface area contributed by atoms with Gasteiger partial charge in [-0.2, -0.15) is 0 Å². The summed E-state index contributed by atoms with van der Waals surface area (Å²) in [6, 6.07) is 0.598. The molecule has 0 aromatic rings. The van der Waals surface area contributed by atoms with E-state index in [-0.39, 0.29) is 0 Å². The van der Waals surface area contributed by atoms with Crippen molar-refractivity contribution in [2.45, 2.75) is 39.3 Å². The fraction of sp³-hybridized carbons (Fsp3) is 1.00. The van der Waals surface area contributed by atoms with Gasteiger partial charge in [0.05, 0.1) is 12.7 Å². The van der Waals surface area contributed by atoms with Gasteiger partial charge in [-0.1, -0.05) is 20.8 Å². The van der Waals surface area contributed by atoms with E-state index in [1.165, 1.54) is 13.0 Å². The third-order valence-corrected chi connectivity index (χ3v) is 3.48. The van der Waals surface area contributed by atoms with Crippen LogP contribution in [0.2, 0.25) is 0 Å². The van der Waals surface area contributed by atoms with Crippen LogP contribution in [0.15, 0.2) is 0 Å². The Balaban J connectivity index is 2.14. The number of likely N-dealkylation sites (N-methyl/N-ethyl adjacent to an activating group) is 1. The Hall–Kier alpha value is -0.160. The first-order valence-electron chi connectivity index (χ1n) is 7.37. The third kappa shape index (κ3) is 6.69. The number of ether oxygens (including phenoxy) is 1. The summed E-state index contributed by atoms with van der Waals surface area (Å²) >= 11 is 0. The highest BCUT2D eigenvalue weighted by Gasteiger charge is 2.20. The molecule has 0 aliphatic carbocycles. The standard InChI is InChI=1S/C14H31N3O/c1-5-16(4)11-14-12-17(9-10-18-14)8-6-7-15-13(2)3/h13-15H,5-12H2,1-4H3/t14-/m0/s1. The van der Waals surface area contributed by atoms with Gasteiger partial charge in [0.25, 0.3) is 0 Å². The minimum absolute atomic E-state index is 0.391. The Morgan fingerprint density at radius 1 is 1.44 bits per heavy atom. The minimum atomic E-state index is 0.391. The lowest BCUT2D eigenvalue weighted by Crippen LogP contribution is -2.47. The molecule has 1 rings (SSSR count). The maximum Gasteiger partial charge on any atom is 0.0829 e. The third-order valence-electron chi connectivity index (χ3n) is 3.48. The molecule has 1 fully saturated rings. The molecule has 1 aliphatic rings. The average Bonchev–Trinajstić information content (AvgIpc) is 2.35. The van der Waals surface area contributed by atoms with Crippen LogP contribution in [0.25, 0.3) is 0 Å². The van der Waals surface area contributed by atoms with E-state index < -0.39 is 0 Å². The van der Waals surface area contributed by atoms with Crippen molar-refractivity contribution in [3.05, 3.63) is 0 Å². The lowest BCUT2D eigenvalue weighted by Gasteiger charge is -2.34. The van der Waals surface area contributed by atoms with Crippen LogP contribution in [0.3, 0.4) is 0 Å². The average molecular weight is 257 g/mol. The summed E-state index contributed by atoms with van der Waals surface area (Å²) in [4.78, 5) is 4.87. The number of morpholine rings is 1. The first kappa shape index (κ1) is 15.9. The van der Waals surface area contributed by atoms with Crippen molar-refractivity contribution in [3.63, 3.8) is 0 Å². The van der Waals surface area contributed by atoms with E-state index in [1.54, 1.807) is 0 Å². The van der Waals surface area contributed by atoms with Gasteiger partial charge < -0.3 is 15.0 Å². The molecule has 0 bridgehead atoms. The highest BCUT2D eigenvalue weighted by Crippen LogP contribution is 2.06. The molecular weight excluding hydrogens is 226 g/mol. The van der Waals surface area contributed by atoms with Crippen molar-refractivity contribution in [2.75, 3.05) is 52.9 Å². The van der Waals surface area contributed by atoms with Crippen LogP contribution < -0.4 is 5.32 Å². The highest BCUT2D eigenvalue weighted by atomic mass is 16.5. The van der Waals surface area contributed by atoms with Gasteiger partial charge in [0.2, 0.25) is 0 Å². The molecule has 1 atom stereocenters. The van der Waals surface area contributed by atoms with Gasteiger partial charge in [-0.15, -0.1) is 0 Å². The Morgan fingerprint density at radius 3 is 2.89 bits per heavy atom. The summed E-state index contributed by atoms with van der Waals surface area (Å²) in [6.45, 7) is 14.1. The molecular formula is C14H31N3O. The van der Waals surface area contributed by atoms with Gasteiger partial charge >= 0.3 is 0 Å². The maximum atomic E-state index is 5.83. The molecule has 0 aromatic carbocycles. The van der Waals surface area contributed by atoms with E-state index in [0.717, 1.165) is 39.3 Å². The number of rotatable bonds is 8. The van der Waals surface area contributed by atoms with Crippen LogP contribution in [-0.4, -0.2) is 74.9 Å². The second-order valence-electron chi connectivity index (χ2n) is 5.61. The summed E-state index contributed by atoms with van der Waals surface area (Å²) in [5.74, 6) is 0. The summed E-state index contributed by atoms with van der Waals surface area (Å²) in [7, 11) is 2.16. The Labute approximate surface area is 113 Å². The molecule has 4 nitrogen and oxygen atoms in total. The molecule has 4 heteroatoms. The SMILES string of the molecule is CCN(C)C[C@H]1CN(CCCNC(C)C)CCO1. The van der Waals surface area contributed by atoms with Gasteiger partial charge in [-0.05, 0) is 33.1 Å². The molecule has 1 aliphatic heterocycles. The topological polar surface area (TPSA) is 27.7 Å². The van der Waals surface area contributed by atoms with Crippen LogP contribution in [0.5, 0.6) is 0 Å². The monoisotopic (exact) mass is 257 g/mol. The van der Waals surface area contributed by atoms with Gasteiger partial charge in [0.15, 0.2) is 0 Å². The lowest BCUT2D eigenvalue weighted by atomic mass is 10.2. The maximum absolute atomic E-state index is 5.83. The van der Waals surface area contributed by atoms with E-state index in [1.807, 2.05) is 0 Å². The second kappa shape index (κ2) is 8.86. The number of hydrogen-bond donors (Lipinski definition) is 1. The zero-order valence-electron chi connectivity index (χ0n) is 12.6. The highest BCUT2D eigenvalue weighted by molar-refractivity contribution is 4.74. The van der Waals surface area contributed by atoms with Crippen molar-refractivity contribution in [1.29, 1.82) is 0 Å². The molecule has 0 radical (unpaired) electrons. The number of hydrogen-bond acceptors (Lipinski definition) is 4. The van der Waals surface area contributed by atoms with E-state index in [0.29, 0.717) is 12.1 Å². The molecule has 0 amide bonds. The van der Waals surface area contributed by atoms with Gasteiger partial charge in [-0.25, -0.2) is 0 Å². The Bertz CT molecular complexity index is 211. The number of nitrogens with one attached hydrogen (secondary N) is 1. The molecule has 0 saturated carbocycles. The normalized spacial score (nSPS) is 22.0. The van der Waals surface area contributed by atoms with Crippen LogP contribution in [0.4, 0.5) is 0 Å². The lowest BCUT2D eigenvalue weighted by molar-refractivity contribution is -0.0401. The Morgan fingerprint density at radius 2 is 2.22 bits per heavy atom. The van der Waals surface area contributed by atoms with E-state index in [4.69, 9.17) is 4.74 Å². The largest absolute Gasteiger partial charge is 0.374 e. The first-order valence-corrected chi connectivity index (χ1v) is 7.37. The predicted molar refractivity (Wildman–Crippen MR) is 77.1 cm³/mol. The van der Waals surface area contributed by atoms with Crippen molar-refractivity contribution in [2.24, 2.45) is 0 Å². The zero-order chi connectivity index (χ0) is 13.4. The predicted octanol–water partition coefficient (Wildman–Crippen LogP) is 1.03. The summed E-state index contributed by atoms with van der Waals surface area (Å²) < 4.78 is 5.83. The van der Waals surface area contributed by atoms with Crippen LogP contribution in [0.1, 0.15) is 27.2 Å². The van der Waals surface area contributed by atoms with Gasteiger partial charge in [0.1, 0.15) is 0 Å². The Kier molecular flexibility index (Phi) is 7.82. The van der Waals surface area contributed by atoms with Crippen molar-refractivity contribution < 1.29 is 4.74 Å².